The molecule has 0 bridgehead atoms. The lowest BCUT2D eigenvalue weighted by Crippen LogP contribution is -2.30. The predicted octanol–water partition coefficient (Wildman–Crippen LogP) is 22.3. The summed E-state index contributed by atoms with van der Waals surface area (Å²) in [6.07, 6.45) is 84.5. The normalized spacial score (nSPS) is 12.6. The third-order valence-electron chi connectivity index (χ3n) is 14.1. The first kappa shape index (κ1) is 72.6. The van der Waals surface area contributed by atoms with Crippen molar-refractivity contribution in [3.8, 4) is 0 Å². The summed E-state index contributed by atoms with van der Waals surface area (Å²) in [5.41, 5.74) is 0. The summed E-state index contributed by atoms with van der Waals surface area (Å²) in [6.45, 7) is 6.52. The second-order valence-corrected chi connectivity index (χ2v) is 21.6. The van der Waals surface area contributed by atoms with E-state index in [2.05, 4.69) is 106 Å². The summed E-state index contributed by atoms with van der Waals surface area (Å²) in [7, 11) is 0. The molecule has 0 aliphatic rings. The van der Waals surface area contributed by atoms with Gasteiger partial charge in [0.05, 0.1) is 0 Å². The predicted molar refractivity (Wildman–Crippen MR) is 330 cm³/mol. The van der Waals surface area contributed by atoms with Crippen molar-refractivity contribution in [1.82, 2.24) is 0 Å². The molecule has 0 fully saturated rings. The van der Waals surface area contributed by atoms with E-state index in [1.807, 2.05) is 0 Å². The highest BCUT2D eigenvalue weighted by atomic mass is 16.6. The molecule has 0 aromatic carbocycles. The molecular formula is C70H122O6. The average Bonchev–Trinajstić information content (AvgIpc) is 3.42. The number of carbonyl (C=O) groups excluding carboxylic acids is 3. The van der Waals surface area contributed by atoms with Crippen LogP contribution in [0, 0.1) is 0 Å². The Morgan fingerprint density at radius 1 is 0.276 bits per heavy atom. The molecule has 0 rings (SSSR count). The van der Waals surface area contributed by atoms with E-state index in [1.54, 1.807) is 0 Å². The van der Waals surface area contributed by atoms with E-state index >= 15 is 0 Å². The molecule has 0 heterocycles. The topological polar surface area (TPSA) is 78.9 Å². The Morgan fingerprint density at radius 2 is 0.513 bits per heavy atom. The summed E-state index contributed by atoms with van der Waals surface area (Å²) in [4.78, 5) is 38.3. The van der Waals surface area contributed by atoms with Crippen molar-refractivity contribution < 1.29 is 28.6 Å². The van der Waals surface area contributed by atoms with Gasteiger partial charge in [-0.2, -0.15) is 0 Å². The molecule has 0 aromatic heterocycles. The molecule has 0 aliphatic carbocycles. The minimum atomic E-state index is -0.803. The van der Waals surface area contributed by atoms with Crippen LogP contribution in [-0.2, 0) is 28.6 Å². The van der Waals surface area contributed by atoms with Crippen LogP contribution in [0.3, 0.4) is 0 Å². The number of carbonyl (C=O) groups is 3. The monoisotopic (exact) mass is 1060 g/mol. The maximum Gasteiger partial charge on any atom is 0.306 e. The summed E-state index contributed by atoms with van der Waals surface area (Å²) < 4.78 is 16.9. The van der Waals surface area contributed by atoms with Crippen LogP contribution >= 0.6 is 0 Å². The van der Waals surface area contributed by atoms with Crippen LogP contribution in [0.15, 0.2) is 85.1 Å². The number of hydrogen-bond donors (Lipinski definition) is 0. The molecular weight excluding hydrogens is 937 g/mol. The van der Waals surface area contributed by atoms with Gasteiger partial charge in [-0.3, -0.25) is 14.4 Å². The van der Waals surface area contributed by atoms with Crippen LogP contribution in [0.1, 0.15) is 323 Å². The van der Waals surface area contributed by atoms with Crippen LogP contribution in [-0.4, -0.2) is 37.2 Å². The Kier molecular flexibility index (Phi) is 61.2. The fourth-order valence-electron chi connectivity index (χ4n) is 9.27. The van der Waals surface area contributed by atoms with Gasteiger partial charge >= 0.3 is 17.9 Å². The molecule has 0 radical (unpaired) electrons. The lowest BCUT2D eigenvalue weighted by molar-refractivity contribution is -0.167. The van der Waals surface area contributed by atoms with E-state index in [-0.39, 0.29) is 37.5 Å². The molecule has 0 saturated heterocycles. The van der Waals surface area contributed by atoms with Crippen molar-refractivity contribution in [3.63, 3.8) is 0 Å². The minimum Gasteiger partial charge on any atom is -0.462 e. The van der Waals surface area contributed by atoms with E-state index < -0.39 is 6.10 Å². The van der Waals surface area contributed by atoms with Gasteiger partial charge < -0.3 is 14.2 Å². The Morgan fingerprint density at radius 3 is 0.842 bits per heavy atom. The van der Waals surface area contributed by atoms with Crippen molar-refractivity contribution in [1.29, 1.82) is 0 Å². The van der Waals surface area contributed by atoms with Gasteiger partial charge in [-0.15, -0.1) is 0 Å². The fourth-order valence-corrected chi connectivity index (χ4v) is 9.27. The van der Waals surface area contributed by atoms with Gasteiger partial charge in [0.2, 0.25) is 0 Å². The molecule has 0 N–H and O–H groups in total. The molecule has 1 unspecified atom stereocenters. The zero-order chi connectivity index (χ0) is 55.0. The Labute approximate surface area is 471 Å². The molecule has 0 aliphatic heterocycles. The molecule has 0 aromatic rings. The van der Waals surface area contributed by atoms with Gasteiger partial charge in [0.1, 0.15) is 13.2 Å². The standard InChI is InChI=1S/C70H122O6/c1-4-7-10-13-16-19-22-25-28-30-32-34-36-37-39-42-45-48-51-54-57-60-63-69(72)75-66-67(65-74-68(71)62-59-56-53-50-47-44-41-27-24-21-18-15-12-9-6-3)76-70(73)64-61-58-55-52-49-46-43-40-38-35-33-31-29-26-23-20-17-14-11-8-5-2/h8,11,17,20,26-27,29,33,35,40-41,43,49,52,67H,4-7,9-10,12-16,18-19,21-25,28,30-32,34,36-39,42,44-48,50-51,53-66H2,1-3H3/b11-8-,20-17-,29-26-,35-33-,41-27-,43-40-,52-49-. The lowest BCUT2D eigenvalue weighted by Gasteiger charge is -2.18. The highest BCUT2D eigenvalue weighted by molar-refractivity contribution is 5.71. The smallest absolute Gasteiger partial charge is 0.306 e. The largest absolute Gasteiger partial charge is 0.462 e. The van der Waals surface area contributed by atoms with Crippen LogP contribution in [0.4, 0.5) is 0 Å². The summed E-state index contributed by atoms with van der Waals surface area (Å²) in [6, 6.07) is 0. The van der Waals surface area contributed by atoms with Crippen LogP contribution < -0.4 is 0 Å². The van der Waals surface area contributed by atoms with Crippen molar-refractivity contribution >= 4 is 17.9 Å². The quantitative estimate of drug-likeness (QED) is 0.0261. The van der Waals surface area contributed by atoms with E-state index in [9.17, 15) is 14.4 Å². The number of rotatable bonds is 59. The molecule has 0 spiro atoms. The Balaban J connectivity index is 4.41. The van der Waals surface area contributed by atoms with Crippen LogP contribution in [0.2, 0.25) is 0 Å². The molecule has 1 atom stereocenters. The second-order valence-electron chi connectivity index (χ2n) is 21.6. The zero-order valence-corrected chi connectivity index (χ0v) is 50.3. The first-order valence-electron chi connectivity index (χ1n) is 32.6. The average molecular weight is 1060 g/mol. The SMILES string of the molecule is CC/C=C\C/C=C\C/C=C\C/C=C\C/C=C\C/C=C\CCCCC(=O)OC(COC(=O)CCCCCCC/C=C\CCCCCCCC)COC(=O)CCCCCCCCCCCCCCCCCCCCCCCC. The molecule has 438 valence electrons. The van der Waals surface area contributed by atoms with E-state index in [4.69, 9.17) is 14.2 Å². The maximum absolute atomic E-state index is 12.9. The van der Waals surface area contributed by atoms with E-state index in [0.717, 1.165) is 96.3 Å². The third-order valence-corrected chi connectivity index (χ3v) is 14.1. The van der Waals surface area contributed by atoms with E-state index in [1.165, 1.54) is 180 Å². The first-order valence-corrected chi connectivity index (χ1v) is 32.6. The van der Waals surface area contributed by atoms with Gasteiger partial charge in [-0.05, 0) is 96.3 Å². The van der Waals surface area contributed by atoms with Gasteiger partial charge in [-0.1, -0.05) is 292 Å². The van der Waals surface area contributed by atoms with Gasteiger partial charge in [-0.25, -0.2) is 0 Å². The summed E-state index contributed by atoms with van der Waals surface area (Å²) in [5, 5.41) is 0. The third kappa shape index (κ3) is 61.4. The minimum absolute atomic E-state index is 0.0941. The van der Waals surface area contributed by atoms with Gasteiger partial charge in [0.25, 0.3) is 0 Å². The number of esters is 3. The lowest BCUT2D eigenvalue weighted by atomic mass is 10.0. The highest BCUT2D eigenvalue weighted by Gasteiger charge is 2.19. The van der Waals surface area contributed by atoms with Crippen molar-refractivity contribution in [2.75, 3.05) is 13.2 Å². The summed E-state index contributed by atoms with van der Waals surface area (Å²) in [5.74, 6) is -0.932. The summed E-state index contributed by atoms with van der Waals surface area (Å²) >= 11 is 0. The Bertz CT molecular complexity index is 1450. The number of hydrogen-bond acceptors (Lipinski definition) is 6. The number of ether oxygens (including phenoxy) is 3. The molecule has 0 saturated carbocycles. The van der Waals surface area contributed by atoms with Crippen LogP contribution in [0.5, 0.6) is 0 Å². The highest BCUT2D eigenvalue weighted by Crippen LogP contribution is 2.17. The second kappa shape index (κ2) is 64.1. The fraction of sp³-hybridized carbons (Fsp3) is 0.757. The molecule has 76 heavy (non-hydrogen) atoms. The zero-order valence-electron chi connectivity index (χ0n) is 50.3. The van der Waals surface area contributed by atoms with Crippen LogP contribution in [0.25, 0.3) is 0 Å². The van der Waals surface area contributed by atoms with Crippen molar-refractivity contribution in [2.45, 2.75) is 329 Å². The Hall–Kier alpha value is -3.41. The van der Waals surface area contributed by atoms with Gasteiger partial charge in [0.15, 0.2) is 6.10 Å². The molecule has 6 heteroatoms. The van der Waals surface area contributed by atoms with Crippen molar-refractivity contribution in [2.24, 2.45) is 0 Å². The molecule has 0 amide bonds. The van der Waals surface area contributed by atoms with Gasteiger partial charge in [0, 0.05) is 19.3 Å². The maximum atomic E-state index is 12.9. The first-order chi connectivity index (χ1) is 37.5. The molecule has 6 nitrogen and oxygen atoms in total. The number of unbranched alkanes of at least 4 members (excludes halogenated alkanes) is 34. The van der Waals surface area contributed by atoms with E-state index in [0.29, 0.717) is 19.3 Å². The number of allylic oxidation sites excluding steroid dienone is 14. The van der Waals surface area contributed by atoms with Crippen molar-refractivity contribution in [3.05, 3.63) is 85.1 Å².